The Labute approximate surface area is 252 Å². The quantitative estimate of drug-likeness (QED) is 0.327. The zero-order valence-corrected chi connectivity index (χ0v) is 25.4. The Morgan fingerprint density at radius 2 is 1.79 bits per heavy atom. The van der Waals surface area contributed by atoms with Gasteiger partial charge in [-0.15, -0.1) is 0 Å². The van der Waals surface area contributed by atoms with Crippen LogP contribution in [-0.4, -0.2) is 91.0 Å². The summed E-state index contributed by atoms with van der Waals surface area (Å²) in [4.78, 5) is 39.5. The topological polar surface area (TPSA) is 106 Å². The van der Waals surface area contributed by atoms with Crippen LogP contribution in [0, 0.1) is 11.2 Å². The smallest absolute Gasteiger partial charge is 0.246 e. The number of amides is 2. The van der Waals surface area contributed by atoms with Crippen LogP contribution < -0.4 is 20.9 Å². The van der Waals surface area contributed by atoms with Crippen molar-refractivity contribution in [2.45, 2.75) is 32.7 Å². The Balaban J connectivity index is 1.17. The first-order chi connectivity index (χ1) is 20.5. The number of carbonyl (C=O) groups is 2. The summed E-state index contributed by atoms with van der Waals surface area (Å²) in [5.41, 5.74) is 3.52. The number of rotatable bonds is 10. The molecule has 0 radical (unpaired) electrons. The maximum Gasteiger partial charge on any atom is 0.246 e. The minimum Gasteiger partial charge on any atom is -0.367 e. The van der Waals surface area contributed by atoms with Crippen molar-refractivity contribution in [3.8, 4) is 11.3 Å². The molecule has 2 saturated heterocycles. The Kier molecular flexibility index (Phi) is 9.22. The summed E-state index contributed by atoms with van der Waals surface area (Å²) in [7, 11) is 4.21. The maximum absolute atomic E-state index is 15.2. The molecule has 3 heterocycles. The summed E-state index contributed by atoms with van der Waals surface area (Å²) >= 11 is 0. The summed E-state index contributed by atoms with van der Waals surface area (Å²) in [6, 6.07) is 13.7. The minimum atomic E-state index is -0.498. The highest BCUT2D eigenvalue weighted by Gasteiger charge is 2.28. The van der Waals surface area contributed by atoms with Gasteiger partial charge in [-0.25, -0.2) is 14.4 Å². The molecule has 1 unspecified atom stereocenters. The molecule has 2 aromatic carbocycles. The fourth-order valence-corrected chi connectivity index (χ4v) is 5.97. The second kappa shape index (κ2) is 13.0. The van der Waals surface area contributed by atoms with Crippen LogP contribution in [0.2, 0.25) is 0 Å². The maximum atomic E-state index is 15.2. The van der Waals surface area contributed by atoms with Crippen LogP contribution in [0.1, 0.15) is 26.7 Å². The largest absolute Gasteiger partial charge is 0.367 e. The first-order valence-corrected chi connectivity index (χ1v) is 14.8. The lowest BCUT2D eigenvalue weighted by Crippen LogP contribution is -2.50. The van der Waals surface area contributed by atoms with Crippen LogP contribution in [0.15, 0.2) is 54.7 Å². The van der Waals surface area contributed by atoms with Gasteiger partial charge in [-0.2, -0.15) is 0 Å². The number of carbonyl (C=O) groups excluding carboxylic acids is 2. The van der Waals surface area contributed by atoms with Gasteiger partial charge in [-0.05, 0) is 62.3 Å². The fraction of sp³-hybridized carbons (Fsp3) is 0.438. The van der Waals surface area contributed by atoms with Crippen LogP contribution in [0.25, 0.3) is 11.3 Å². The third-order valence-electron chi connectivity index (χ3n) is 7.73. The molecule has 228 valence electrons. The highest BCUT2D eigenvalue weighted by atomic mass is 19.1. The zero-order chi connectivity index (χ0) is 30.6. The molecule has 0 aliphatic carbocycles. The van der Waals surface area contributed by atoms with E-state index >= 15 is 4.39 Å². The number of hydrogen-bond donors (Lipinski definition) is 3. The van der Waals surface area contributed by atoms with Gasteiger partial charge in [-0.3, -0.25) is 14.5 Å². The molecule has 1 aromatic heterocycles. The minimum absolute atomic E-state index is 0.105. The number of benzene rings is 2. The van der Waals surface area contributed by atoms with E-state index in [-0.39, 0.29) is 23.0 Å². The summed E-state index contributed by atoms with van der Waals surface area (Å²) in [5.74, 6) is -0.260. The van der Waals surface area contributed by atoms with Gasteiger partial charge in [-0.1, -0.05) is 26.0 Å². The molecule has 0 bridgehead atoms. The molecule has 3 N–H and O–H groups in total. The van der Waals surface area contributed by atoms with E-state index in [1.54, 1.807) is 24.4 Å². The summed E-state index contributed by atoms with van der Waals surface area (Å²) in [6.07, 6.45) is 2.51. The van der Waals surface area contributed by atoms with Crippen molar-refractivity contribution in [3.63, 3.8) is 0 Å². The molecule has 3 aromatic rings. The number of nitrogens with zero attached hydrogens (tertiary/aromatic N) is 5. The molecule has 10 nitrogen and oxygen atoms in total. The monoisotopic (exact) mass is 588 g/mol. The lowest BCUT2D eigenvalue weighted by Gasteiger charge is -2.40. The lowest BCUT2D eigenvalue weighted by atomic mass is 9.92. The van der Waals surface area contributed by atoms with Gasteiger partial charge in [0, 0.05) is 68.8 Å². The SMILES string of the molecule is CN(C)CC(C)(C)CN1CCN(c2ccc(Nc3nccc(-c4ccc(NC(=O)C5CCC(=O)N5)cc4)n3)cc2F)CC1. The average Bonchev–Trinajstić information content (AvgIpc) is 3.40. The standard InChI is InChI=1S/C32H41FN8O2/c1-32(2,20-39(3)4)21-40-15-17-41(18-16-40)28-11-9-24(19-25(28)33)36-31-34-14-13-26(38-31)22-5-7-23(8-6-22)35-30(43)27-10-12-29(42)37-27/h5-9,11,13-14,19,27H,10,12,15-18,20-21H2,1-4H3,(H,35,43)(H,37,42)(H,34,36,38). The van der Waals surface area contributed by atoms with E-state index in [1.165, 1.54) is 6.07 Å². The van der Waals surface area contributed by atoms with Crippen LogP contribution >= 0.6 is 0 Å². The van der Waals surface area contributed by atoms with Gasteiger partial charge >= 0.3 is 0 Å². The second-order valence-electron chi connectivity index (χ2n) is 12.4. The number of hydrogen-bond acceptors (Lipinski definition) is 8. The van der Waals surface area contributed by atoms with Crippen molar-refractivity contribution in [2.75, 3.05) is 68.9 Å². The van der Waals surface area contributed by atoms with Crippen LogP contribution in [-0.2, 0) is 9.59 Å². The predicted molar refractivity (Wildman–Crippen MR) is 168 cm³/mol. The first-order valence-electron chi connectivity index (χ1n) is 14.8. The first kappa shape index (κ1) is 30.4. The molecule has 2 aliphatic rings. The Hall–Kier alpha value is -4.09. The van der Waals surface area contributed by atoms with E-state index in [4.69, 9.17) is 0 Å². The number of piperazine rings is 1. The fourth-order valence-electron chi connectivity index (χ4n) is 5.97. The van der Waals surface area contributed by atoms with Crippen molar-refractivity contribution in [3.05, 3.63) is 60.5 Å². The van der Waals surface area contributed by atoms with Gasteiger partial charge < -0.3 is 25.8 Å². The molecular weight excluding hydrogens is 547 g/mol. The number of aromatic nitrogens is 2. The molecule has 11 heteroatoms. The highest BCUT2D eigenvalue weighted by Crippen LogP contribution is 2.27. The Morgan fingerprint density at radius 3 is 2.44 bits per heavy atom. The lowest BCUT2D eigenvalue weighted by molar-refractivity contribution is -0.122. The third kappa shape index (κ3) is 8.05. The normalized spacial score (nSPS) is 17.7. The summed E-state index contributed by atoms with van der Waals surface area (Å²) in [5, 5.41) is 8.63. The molecule has 2 aliphatic heterocycles. The van der Waals surface area contributed by atoms with E-state index < -0.39 is 6.04 Å². The van der Waals surface area contributed by atoms with Crippen molar-refractivity contribution in [1.29, 1.82) is 0 Å². The Morgan fingerprint density at radius 1 is 1.07 bits per heavy atom. The molecular formula is C32H41FN8O2. The van der Waals surface area contributed by atoms with Gasteiger partial charge in [0.2, 0.25) is 17.8 Å². The molecule has 0 saturated carbocycles. The highest BCUT2D eigenvalue weighted by molar-refractivity contribution is 5.99. The van der Waals surface area contributed by atoms with Gasteiger partial charge in [0.1, 0.15) is 11.9 Å². The Bertz CT molecular complexity index is 1440. The van der Waals surface area contributed by atoms with Gasteiger partial charge in [0.25, 0.3) is 0 Å². The van der Waals surface area contributed by atoms with Crippen LogP contribution in [0.4, 0.5) is 27.4 Å². The van der Waals surface area contributed by atoms with Gasteiger partial charge in [0.15, 0.2) is 0 Å². The van der Waals surface area contributed by atoms with Crippen molar-refractivity contribution < 1.29 is 14.0 Å². The molecule has 5 rings (SSSR count). The third-order valence-corrected chi connectivity index (χ3v) is 7.73. The van der Waals surface area contributed by atoms with E-state index in [1.807, 2.05) is 24.3 Å². The molecule has 2 amide bonds. The summed E-state index contributed by atoms with van der Waals surface area (Å²) < 4.78 is 15.2. The van der Waals surface area contributed by atoms with Crippen molar-refractivity contribution in [2.24, 2.45) is 5.41 Å². The molecule has 2 fully saturated rings. The molecule has 0 spiro atoms. The predicted octanol–water partition coefficient (Wildman–Crippen LogP) is 3.95. The zero-order valence-electron chi connectivity index (χ0n) is 25.4. The van der Waals surface area contributed by atoms with E-state index in [0.717, 1.165) is 44.8 Å². The van der Waals surface area contributed by atoms with Gasteiger partial charge in [0.05, 0.1) is 11.4 Å². The van der Waals surface area contributed by atoms with E-state index in [9.17, 15) is 9.59 Å². The second-order valence-corrected chi connectivity index (χ2v) is 12.4. The van der Waals surface area contributed by atoms with E-state index in [0.29, 0.717) is 41.5 Å². The molecule has 43 heavy (non-hydrogen) atoms. The summed E-state index contributed by atoms with van der Waals surface area (Å²) in [6.45, 7) is 10.0. The van der Waals surface area contributed by atoms with E-state index in [2.05, 4.69) is 68.6 Å². The van der Waals surface area contributed by atoms with Crippen molar-refractivity contribution >= 4 is 34.8 Å². The van der Waals surface area contributed by atoms with Crippen LogP contribution in [0.5, 0.6) is 0 Å². The number of halogens is 1. The number of nitrogens with one attached hydrogen (secondary N) is 3. The van der Waals surface area contributed by atoms with Crippen molar-refractivity contribution in [1.82, 2.24) is 25.1 Å². The molecule has 1 atom stereocenters. The van der Waals surface area contributed by atoms with Crippen LogP contribution in [0.3, 0.4) is 0 Å². The number of anilines is 4. The average molecular weight is 589 g/mol.